The molecule has 0 aliphatic rings. The van der Waals surface area contributed by atoms with Crippen molar-refractivity contribution < 1.29 is 19.3 Å². The number of ether oxygens (including phenoxy) is 1. The van der Waals surface area contributed by atoms with E-state index in [0.29, 0.717) is 28.5 Å². The van der Waals surface area contributed by atoms with Crippen LogP contribution in [0, 0.1) is 0 Å². The molecule has 4 rings (SSSR count). The van der Waals surface area contributed by atoms with Crippen LogP contribution in [-0.4, -0.2) is 49.1 Å². The van der Waals surface area contributed by atoms with Crippen LogP contribution in [0.2, 0.25) is 5.02 Å². The molecule has 0 aliphatic heterocycles. The third-order valence-electron chi connectivity index (χ3n) is 4.36. The first-order valence-electron chi connectivity index (χ1n) is 9.57. The predicted octanol–water partition coefficient (Wildman–Crippen LogP) is 2.42. The second-order valence-electron chi connectivity index (χ2n) is 6.53. The van der Waals surface area contributed by atoms with E-state index in [0.717, 1.165) is 0 Å². The molecule has 4 aromatic rings. The van der Waals surface area contributed by atoms with Gasteiger partial charge in [0.15, 0.2) is 5.69 Å². The first-order valence-corrected chi connectivity index (χ1v) is 9.95. The van der Waals surface area contributed by atoms with Crippen molar-refractivity contribution >= 4 is 29.5 Å². The molecule has 4 N–H and O–H groups in total. The monoisotopic (exact) mass is 468 g/mol. The number of nitrogen functional groups attached to an aromatic ring is 1. The van der Waals surface area contributed by atoms with Crippen molar-refractivity contribution in [3.63, 3.8) is 0 Å². The molecule has 12 nitrogen and oxygen atoms in total. The lowest BCUT2D eigenvalue weighted by molar-refractivity contribution is 0.0950. The van der Waals surface area contributed by atoms with Crippen LogP contribution in [0.15, 0.2) is 52.2 Å². The lowest BCUT2D eigenvalue weighted by Gasteiger charge is -2.08. The average molecular weight is 469 g/mol. The maximum atomic E-state index is 12.9. The Bertz CT molecular complexity index is 1330. The van der Waals surface area contributed by atoms with Gasteiger partial charge < -0.3 is 15.6 Å². The summed E-state index contributed by atoms with van der Waals surface area (Å²) in [6.07, 6.45) is 1.25. The number of carbonyl (C=O) groups is 1. The summed E-state index contributed by atoms with van der Waals surface area (Å²) in [7, 11) is 0. The number of phenols is 1. The third kappa shape index (κ3) is 4.60. The summed E-state index contributed by atoms with van der Waals surface area (Å²) in [5.74, 6) is -0.124. The van der Waals surface area contributed by atoms with Gasteiger partial charge in [0.1, 0.15) is 17.2 Å². The highest BCUT2D eigenvalue weighted by molar-refractivity contribution is 6.30. The number of hydrogen-bond acceptors (Lipinski definition) is 10. The van der Waals surface area contributed by atoms with E-state index in [9.17, 15) is 9.90 Å². The smallest absolute Gasteiger partial charge is 0.294 e. The van der Waals surface area contributed by atoms with Gasteiger partial charge in [0, 0.05) is 16.1 Å². The highest BCUT2D eigenvalue weighted by Gasteiger charge is 2.25. The summed E-state index contributed by atoms with van der Waals surface area (Å²) in [5.41, 5.74) is 9.23. The van der Waals surface area contributed by atoms with E-state index in [1.54, 1.807) is 24.3 Å². The fourth-order valence-electron chi connectivity index (χ4n) is 2.92. The Morgan fingerprint density at radius 2 is 2.18 bits per heavy atom. The quantitative estimate of drug-likeness (QED) is 0.272. The number of aromatic nitrogens is 5. The minimum absolute atomic E-state index is 0.0384. The van der Waals surface area contributed by atoms with Gasteiger partial charge in [-0.3, -0.25) is 4.79 Å². The standard InChI is InChI=1S/C20H17ClN8O4/c1-2-32-14-5-3-4-11(9-14)17-16(24-28-29(17)19-18(22)26-33-27-19)20(31)25-23-10-12-8-13(21)6-7-15(12)30/h3-10,30H,2H2,1H3,(H2,22,26)(H,25,31)/b23-10+. The number of hydrogen-bond donors (Lipinski definition) is 3. The molecule has 2 heterocycles. The molecular formula is C20H17ClN8O4. The summed E-state index contributed by atoms with van der Waals surface area (Å²) < 4.78 is 11.4. The van der Waals surface area contributed by atoms with E-state index in [1.165, 1.54) is 29.1 Å². The van der Waals surface area contributed by atoms with Crippen LogP contribution in [0.5, 0.6) is 11.5 Å². The van der Waals surface area contributed by atoms with Crippen molar-refractivity contribution in [2.24, 2.45) is 5.10 Å². The summed E-state index contributed by atoms with van der Waals surface area (Å²) in [4.78, 5) is 12.9. The van der Waals surface area contributed by atoms with Crippen LogP contribution in [-0.2, 0) is 0 Å². The first kappa shape index (κ1) is 21.8. The van der Waals surface area contributed by atoms with Crippen molar-refractivity contribution in [3.8, 4) is 28.6 Å². The number of phenolic OH excluding ortho intramolecular Hbond substituents is 1. The van der Waals surface area contributed by atoms with Crippen molar-refractivity contribution in [1.82, 2.24) is 30.7 Å². The number of amides is 1. The Hall–Kier alpha value is -4.45. The number of nitrogens with zero attached hydrogens (tertiary/aromatic N) is 6. The molecule has 33 heavy (non-hydrogen) atoms. The Morgan fingerprint density at radius 3 is 2.94 bits per heavy atom. The molecule has 0 atom stereocenters. The Balaban J connectivity index is 1.71. The zero-order valence-electron chi connectivity index (χ0n) is 17.1. The van der Waals surface area contributed by atoms with E-state index in [4.69, 9.17) is 22.1 Å². The minimum atomic E-state index is -0.675. The van der Waals surface area contributed by atoms with E-state index in [-0.39, 0.29) is 28.8 Å². The highest BCUT2D eigenvalue weighted by Crippen LogP contribution is 2.29. The molecule has 0 bridgehead atoms. The molecule has 0 radical (unpaired) electrons. The van der Waals surface area contributed by atoms with E-state index < -0.39 is 5.91 Å². The summed E-state index contributed by atoms with van der Waals surface area (Å²) in [6, 6.07) is 11.4. The largest absolute Gasteiger partial charge is 0.507 e. The number of halogens is 1. The van der Waals surface area contributed by atoms with Crippen LogP contribution in [0.25, 0.3) is 17.1 Å². The third-order valence-corrected chi connectivity index (χ3v) is 4.59. The molecule has 1 amide bonds. The number of anilines is 1. The van der Waals surface area contributed by atoms with E-state index in [2.05, 4.69) is 35.8 Å². The fourth-order valence-corrected chi connectivity index (χ4v) is 3.10. The van der Waals surface area contributed by atoms with Crippen LogP contribution >= 0.6 is 11.6 Å². The average Bonchev–Trinajstić information content (AvgIpc) is 3.42. The maximum Gasteiger partial charge on any atom is 0.294 e. The molecule has 0 saturated heterocycles. The number of nitrogens with one attached hydrogen (secondary N) is 1. The Morgan fingerprint density at radius 1 is 1.33 bits per heavy atom. The SMILES string of the molecule is CCOc1cccc(-c2c(C(=O)N/N=C/c3cc(Cl)ccc3O)nnn2-c2nonc2N)c1. The number of carbonyl (C=O) groups excluding carboxylic acids is 1. The number of benzene rings is 2. The van der Waals surface area contributed by atoms with Gasteiger partial charge >= 0.3 is 0 Å². The second-order valence-corrected chi connectivity index (χ2v) is 6.97. The van der Waals surface area contributed by atoms with Crippen molar-refractivity contribution in [2.75, 3.05) is 12.3 Å². The minimum Gasteiger partial charge on any atom is -0.507 e. The van der Waals surface area contributed by atoms with Crippen LogP contribution in [0.1, 0.15) is 23.0 Å². The van der Waals surface area contributed by atoms with Gasteiger partial charge in [0.25, 0.3) is 5.91 Å². The number of aromatic hydroxyl groups is 1. The molecule has 2 aromatic heterocycles. The maximum absolute atomic E-state index is 12.9. The Labute approximate surface area is 191 Å². The van der Waals surface area contributed by atoms with E-state index >= 15 is 0 Å². The number of hydrazone groups is 1. The van der Waals surface area contributed by atoms with Gasteiger partial charge in [-0.1, -0.05) is 28.9 Å². The highest BCUT2D eigenvalue weighted by atomic mass is 35.5. The van der Waals surface area contributed by atoms with Crippen molar-refractivity contribution in [1.29, 1.82) is 0 Å². The molecule has 0 unspecified atom stereocenters. The lowest BCUT2D eigenvalue weighted by Crippen LogP contribution is -2.19. The molecule has 0 saturated carbocycles. The van der Waals surface area contributed by atoms with Crippen LogP contribution < -0.4 is 15.9 Å². The topological polar surface area (TPSA) is 167 Å². The predicted molar refractivity (Wildman–Crippen MR) is 118 cm³/mol. The van der Waals surface area contributed by atoms with Gasteiger partial charge in [-0.05, 0) is 47.6 Å². The van der Waals surface area contributed by atoms with Gasteiger partial charge in [-0.25, -0.2) is 10.1 Å². The molecular weight excluding hydrogens is 452 g/mol. The van der Waals surface area contributed by atoms with Crippen LogP contribution in [0.3, 0.4) is 0 Å². The molecule has 0 aliphatic carbocycles. The summed E-state index contributed by atoms with van der Waals surface area (Å²) in [6.45, 7) is 2.31. The van der Waals surface area contributed by atoms with Crippen LogP contribution in [0.4, 0.5) is 5.82 Å². The lowest BCUT2D eigenvalue weighted by atomic mass is 10.1. The number of nitrogens with two attached hydrogens (primary N) is 1. The van der Waals surface area contributed by atoms with Gasteiger partial charge in [0.05, 0.1) is 12.8 Å². The normalized spacial score (nSPS) is 11.1. The molecule has 0 spiro atoms. The van der Waals surface area contributed by atoms with Crippen molar-refractivity contribution in [3.05, 3.63) is 58.7 Å². The molecule has 0 fully saturated rings. The van der Waals surface area contributed by atoms with Gasteiger partial charge in [0.2, 0.25) is 11.6 Å². The van der Waals surface area contributed by atoms with Gasteiger partial charge in [-0.15, -0.1) is 5.10 Å². The summed E-state index contributed by atoms with van der Waals surface area (Å²) in [5, 5.41) is 29.4. The molecule has 13 heteroatoms. The van der Waals surface area contributed by atoms with E-state index in [1.807, 2.05) is 6.92 Å². The Kier molecular flexibility index (Phi) is 6.17. The van der Waals surface area contributed by atoms with Crippen molar-refractivity contribution in [2.45, 2.75) is 6.92 Å². The zero-order valence-corrected chi connectivity index (χ0v) is 17.9. The second kappa shape index (κ2) is 9.36. The molecule has 168 valence electrons. The zero-order chi connectivity index (χ0) is 23.4. The van der Waals surface area contributed by atoms with Gasteiger partial charge in [-0.2, -0.15) is 9.78 Å². The fraction of sp³-hybridized carbons (Fsp3) is 0.100. The first-order chi connectivity index (χ1) is 16.0. The number of rotatable bonds is 7. The summed E-state index contributed by atoms with van der Waals surface area (Å²) >= 11 is 5.92. The molecule has 2 aromatic carbocycles.